The summed E-state index contributed by atoms with van der Waals surface area (Å²) < 4.78 is 12.4. The van der Waals surface area contributed by atoms with Crippen molar-refractivity contribution in [2.75, 3.05) is 20.8 Å². The Balaban J connectivity index is 1.62. The number of hydrogen-bond donors (Lipinski definition) is 0. The first-order valence-corrected chi connectivity index (χ1v) is 10.9. The van der Waals surface area contributed by atoms with E-state index in [2.05, 4.69) is 4.98 Å². The van der Waals surface area contributed by atoms with Crippen molar-refractivity contribution < 1.29 is 14.3 Å². The smallest absolute Gasteiger partial charge is 0.262 e. The van der Waals surface area contributed by atoms with E-state index in [9.17, 15) is 9.59 Å². The molecule has 1 aliphatic heterocycles. The first-order valence-electron chi connectivity index (χ1n) is 10.0. The van der Waals surface area contributed by atoms with Crippen molar-refractivity contribution in [3.05, 3.63) is 50.9 Å². The molecule has 0 aliphatic carbocycles. The predicted octanol–water partition coefficient (Wildman–Crippen LogP) is 3.01. The molecular weight excluding hydrogens is 402 g/mol. The number of fused-ring (bicyclic) bond motifs is 3. The number of ether oxygens (including phenoxy) is 2. The highest BCUT2D eigenvalue weighted by Crippen LogP contribution is 2.32. The number of carbonyl (C=O) groups is 1. The molecule has 0 saturated heterocycles. The second kappa shape index (κ2) is 8.47. The Morgan fingerprint density at radius 3 is 2.83 bits per heavy atom. The van der Waals surface area contributed by atoms with Crippen LogP contribution in [-0.2, 0) is 30.7 Å². The summed E-state index contributed by atoms with van der Waals surface area (Å²) in [6.07, 6.45) is 3.44. The van der Waals surface area contributed by atoms with Gasteiger partial charge in [-0.15, -0.1) is 11.3 Å². The second-order valence-electron chi connectivity index (χ2n) is 7.27. The van der Waals surface area contributed by atoms with E-state index in [0.717, 1.165) is 32.3 Å². The maximum Gasteiger partial charge on any atom is 0.262 e. The molecule has 30 heavy (non-hydrogen) atoms. The van der Waals surface area contributed by atoms with Gasteiger partial charge in [0.2, 0.25) is 5.91 Å². The summed E-state index contributed by atoms with van der Waals surface area (Å²) in [5, 5.41) is 0.707. The molecule has 0 N–H and O–H groups in total. The molecule has 1 aromatic carbocycles. The molecule has 0 fully saturated rings. The molecule has 3 heterocycles. The van der Waals surface area contributed by atoms with Crippen LogP contribution in [0, 0.1) is 0 Å². The van der Waals surface area contributed by atoms with Crippen LogP contribution in [-0.4, -0.2) is 41.1 Å². The third kappa shape index (κ3) is 3.67. The molecule has 0 saturated carbocycles. The fraction of sp³-hybridized carbons (Fsp3) is 0.409. The molecule has 0 spiro atoms. The lowest BCUT2D eigenvalue weighted by molar-refractivity contribution is -0.131. The van der Waals surface area contributed by atoms with Crippen molar-refractivity contribution in [3.63, 3.8) is 0 Å². The molecule has 3 aromatic rings. The summed E-state index contributed by atoms with van der Waals surface area (Å²) in [4.78, 5) is 33.5. The minimum Gasteiger partial charge on any atom is -0.497 e. The highest BCUT2D eigenvalue weighted by atomic mass is 32.1. The van der Waals surface area contributed by atoms with E-state index in [4.69, 9.17) is 9.47 Å². The van der Waals surface area contributed by atoms with Gasteiger partial charge in [0.05, 0.1) is 32.5 Å². The van der Waals surface area contributed by atoms with Gasteiger partial charge in [0.1, 0.15) is 16.3 Å². The van der Waals surface area contributed by atoms with Crippen LogP contribution in [0.4, 0.5) is 0 Å². The normalized spacial score (nSPS) is 13.4. The third-order valence-corrected chi connectivity index (χ3v) is 6.72. The summed E-state index contributed by atoms with van der Waals surface area (Å²) in [6.45, 7) is 3.60. The third-order valence-electron chi connectivity index (χ3n) is 5.59. The Morgan fingerprint density at radius 1 is 1.27 bits per heavy atom. The summed E-state index contributed by atoms with van der Waals surface area (Å²) in [6, 6.07) is 5.66. The molecule has 2 aromatic heterocycles. The molecule has 0 bridgehead atoms. The van der Waals surface area contributed by atoms with Crippen molar-refractivity contribution in [1.29, 1.82) is 0 Å². The predicted molar refractivity (Wildman–Crippen MR) is 117 cm³/mol. The fourth-order valence-corrected chi connectivity index (χ4v) is 5.13. The number of amides is 1. The average Bonchev–Trinajstić information content (AvgIpc) is 3.16. The number of aryl methyl sites for hydroxylation is 2. The average molecular weight is 428 g/mol. The van der Waals surface area contributed by atoms with Crippen LogP contribution in [0.1, 0.15) is 29.3 Å². The standard InChI is InChI=1S/C22H25N3O4S/c1-4-19(26)24-10-8-16-18(12-24)30-21-20(16)22(27)25(13-23-21)9-7-14-11-15(28-2)5-6-17(14)29-3/h5-6,11,13H,4,7-10,12H2,1-3H3. The first kappa shape index (κ1) is 20.4. The fourth-order valence-electron chi connectivity index (χ4n) is 3.93. The number of aromatic nitrogens is 2. The molecule has 158 valence electrons. The van der Waals surface area contributed by atoms with Crippen LogP contribution in [0.5, 0.6) is 11.5 Å². The van der Waals surface area contributed by atoms with Crippen molar-refractivity contribution >= 4 is 27.5 Å². The lowest BCUT2D eigenvalue weighted by Gasteiger charge is -2.26. The minimum atomic E-state index is -0.0189. The van der Waals surface area contributed by atoms with Crippen LogP contribution in [0.25, 0.3) is 10.2 Å². The van der Waals surface area contributed by atoms with Crippen molar-refractivity contribution in [1.82, 2.24) is 14.5 Å². The molecular formula is C22H25N3O4S. The zero-order valence-electron chi connectivity index (χ0n) is 17.4. The summed E-state index contributed by atoms with van der Waals surface area (Å²) in [5.41, 5.74) is 2.01. The van der Waals surface area contributed by atoms with Gasteiger partial charge in [0, 0.05) is 24.4 Å². The molecule has 0 unspecified atom stereocenters. The van der Waals surface area contributed by atoms with Gasteiger partial charge < -0.3 is 14.4 Å². The SMILES string of the molecule is CCC(=O)N1CCc2c(sc3ncn(CCc4cc(OC)ccc4OC)c(=O)c23)C1. The van der Waals surface area contributed by atoms with Gasteiger partial charge in [-0.05, 0) is 42.2 Å². The summed E-state index contributed by atoms with van der Waals surface area (Å²) >= 11 is 1.52. The van der Waals surface area contributed by atoms with E-state index in [0.29, 0.717) is 44.3 Å². The number of methoxy groups -OCH3 is 2. The van der Waals surface area contributed by atoms with E-state index in [1.54, 1.807) is 25.1 Å². The van der Waals surface area contributed by atoms with Gasteiger partial charge in [0.25, 0.3) is 5.56 Å². The Labute approximate surface area is 178 Å². The second-order valence-corrected chi connectivity index (χ2v) is 8.36. The minimum absolute atomic E-state index is 0.0189. The van der Waals surface area contributed by atoms with Gasteiger partial charge >= 0.3 is 0 Å². The van der Waals surface area contributed by atoms with Crippen molar-refractivity contribution in [2.45, 2.75) is 39.3 Å². The van der Waals surface area contributed by atoms with Gasteiger partial charge in [-0.25, -0.2) is 4.98 Å². The molecule has 0 radical (unpaired) electrons. The molecule has 1 amide bonds. The topological polar surface area (TPSA) is 73.7 Å². The van der Waals surface area contributed by atoms with Gasteiger partial charge in [-0.2, -0.15) is 0 Å². The van der Waals surface area contributed by atoms with Crippen molar-refractivity contribution in [2.24, 2.45) is 0 Å². The number of nitrogens with zero attached hydrogens (tertiary/aromatic N) is 3. The zero-order chi connectivity index (χ0) is 21.3. The van der Waals surface area contributed by atoms with E-state index in [1.807, 2.05) is 30.0 Å². The molecule has 0 atom stereocenters. The summed E-state index contributed by atoms with van der Waals surface area (Å²) in [7, 11) is 3.26. The van der Waals surface area contributed by atoms with Crippen LogP contribution in [0.2, 0.25) is 0 Å². The maximum absolute atomic E-state index is 13.2. The number of benzene rings is 1. The number of carbonyl (C=O) groups excluding carboxylic acids is 1. The van der Waals surface area contributed by atoms with E-state index in [1.165, 1.54) is 11.3 Å². The molecule has 1 aliphatic rings. The van der Waals surface area contributed by atoms with Gasteiger partial charge in [-0.1, -0.05) is 6.92 Å². The summed E-state index contributed by atoms with van der Waals surface area (Å²) in [5.74, 6) is 1.67. The first-order chi connectivity index (χ1) is 14.5. The van der Waals surface area contributed by atoms with Gasteiger partial charge in [0.15, 0.2) is 0 Å². The van der Waals surface area contributed by atoms with Crippen LogP contribution < -0.4 is 15.0 Å². The van der Waals surface area contributed by atoms with E-state index in [-0.39, 0.29) is 11.5 Å². The van der Waals surface area contributed by atoms with Crippen LogP contribution in [0.15, 0.2) is 29.3 Å². The van der Waals surface area contributed by atoms with Crippen LogP contribution >= 0.6 is 11.3 Å². The van der Waals surface area contributed by atoms with Crippen LogP contribution in [0.3, 0.4) is 0 Å². The van der Waals surface area contributed by atoms with E-state index < -0.39 is 0 Å². The number of thiophene rings is 1. The quantitative estimate of drug-likeness (QED) is 0.605. The van der Waals surface area contributed by atoms with E-state index >= 15 is 0 Å². The lowest BCUT2D eigenvalue weighted by atomic mass is 10.1. The largest absolute Gasteiger partial charge is 0.497 e. The Bertz CT molecular complexity index is 1150. The molecule has 7 nitrogen and oxygen atoms in total. The zero-order valence-corrected chi connectivity index (χ0v) is 18.3. The maximum atomic E-state index is 13.2. The number of hydrogen-bond acceptors (Lipinski definition) is 6. The molecule has 8 heteroatoms. The highest BCUT2D eigenvalue weighted by Gasteiger charge is 2.25. The Hall–Kier alpha value is -2.87. The Kier molecular flexibility index (Phi) is 5.76. The van der Waals surface area contributed by atoms with Gasteiger partial charge in [-0.3, -0.25) is 14.2 Å². The lowest BCUT2D eigenvalue weighted by Crippen LogP contribution is -2.35. The Morgan fingerprint density at radius 2 is 2.10 bits per heavy atom. The monoisotopic (exact) mass is 427 g/mol. The highest BCUT2D eigenvalue weighted by molar-refractivity contribution is 7.18. The van der Waals surface area contributed by atoms with Crippen molar-refractivity contribution in [3.8, 4) is 11.5 Å². The number of rotatable bonds is 6. The molecule has 4 rings (SSSR count).